The molecule has 3 aromatic carbocycles. The summed E-state index contributed by atoms with van der Waals surface area (Å²) >= 11 is 2.61. The fourth-order valence-electron chi connectivity index (χ4n) is 4.66. The number of hydrogen-bond acceptors (Lipinski definition) is 8. The SMILES string of the molecule is COc1ccc(-c2c(C(=O)O)n(Cc3ccc4nsnc4c3)c3c2sc2ccccc23)c(OCC(=O)O)c1. The summed E-state index contributed by atoms with van der Waals surface area (Å²) in [7, 11) is 1.49. The minimum absolute atomic E-state index is 0.0823. The number of aliphatic carboxylic acids is 1. The number of methoxy groups -OCH3 is 1. The molecule has 0 saturated heterocycles. The van der Waals surface area contributed by atoms with Crippen LogP contribution in [0.25, 0.3) is 42.5 Å². The summed E-state index contributed by atoms with van der Waals surface area (Å²) in [5, 5.41) is 20.7. The Morgan fingerprint density at radius 3 is 2.61 bits per heavy atom. The normalized spacial score (nSPS) is 11.4. The van der Waals surface area contributed by atoms with Crippen molar-refractivity contribution in [2.24, 2.45) is 0 Å². The molecule has 0 radical (unpaired) electrons. The van der Waals surface area contributed by atoms with Gasteiger partial charge in [-0.1, -0.05) is 24.3 Å². The third-order valence-corrected chi connectivity index (χ3v) is 7.98. The zero-order valence-corrected chi connectivity index (χ0v) is 21.5. The maximum Gasteiger partial charge on any atom is 0.353 e. The van der Waals surface area contributed by atoms with Gasteiger partial charge in [-0.25, -0.2) is 9.59 Å². The monoisotopic (exact) mass is 545 g/mol. The predicted octanol–water partition coefficient (Wildman–Crippen LogP) is 5.75. The Kier molecular flexibility index (Phi) is 5.93. The molecule has 0 saturated carbocycles. The van der Waals surface area contributed by atoms with Crippen molar-refractivity contribution in [2.45, 2.75) is 6.54 Å². The molecule has 3 heterocycles. The number of aromatic nitrogens is 3. The standard InChI is InChI=1S/C27H19N3O6S2/c1-35-15-7-8-16(20(11-15)36-13-22(31)32)23-25(27(33)34)30(12-14-6-9-18-19(10-14)29-38-28-18)24-17-4-2-3-5-21(17)37-26(23)24/h2-11H,12-13H2,1H3,(H,31,32)(H,33,34). The van der Waals surface area contributed by atoms with Gasteiger partial charge in [0, 0.05) is 33.8 Å². The lowest BCUT2D eigenvalue weighted by Crippen LogP contribution is -2.12. The Labute approximate surface area is 223 Å². The van der Waals surface area contributed by atoms with Gasteiger partial charge in [-0.15, -0.1) is 11.3 Å². The molecule has 0 spiro atoms. The molecule has 0 amide bonds. The van der Waals surface area contributed by atoms with Crippen LogP contribution in [0.15, 0.2) is 60.7 Å². The van der Waals surface area contributed by atoms with E-state index in [1.807, 2.05) is 42.5 Å². The van der Waals surface area contributed by atoms with E-state index in [1.165, 1.54) is 18.4 Å². The molecule has 38 heavy (non-hydrogen) atoms. The van der Waals surface area contributed by atoms with Crippen LogP contribution in [0, 0.1) is 0 Å². The molecule has 0 atom stereocenters. The van der Waals surface area contributed by atoms with E-state index in [0.717, 1.165) is 48.6 Å². The molecule has 0 aliphatic rings. The smallest absolute Gasteiger partial charge is 0.353 e. The first-order valence-corrected chi connectivity index (χ1v) is 13.0. The van der Waals surface area contributed by atoms with Crippen molar-refractivity contribution in [3.8, 4) is 22.6 Å². The summed E-state index contributed by atoms with van der Waals surface area (Å²) in [6.45, 7) is -0.297. The van der Waals surface area contributed by atoms with E-state index < -0.39 is 18.5 Å². The maximum atomic E-state index is 12.9. The van der Waals surface area contributed by atoms with Crippen molar-refractivity contribution in [3.05, 3.63) is 71.9 Å². The van der Waals surface area contributed by atoms with E-state index in [1.54, 1.807) is 22.8 Å². The summed E-state index contributed by atoms with van der Waals surface area (Å²) in [5.41, 5.74) is 4.22. The third kappa shape index (κ3) is 4.01. The van der Waals surface area contributed by atoms with Crippen LogP contribution in [0.2, 0.25) is 0 Å². The average molecular weight is 546 g/mol. The number of carboxylic acids is 2. The summed E-state index contributed by atoms with van der Waals surface area (Å²) in [4.78, 5) is 24.2. The average Bonchev–Trinajstić information content (AvgIpc) is 3.60. The molecule has 6 rings (SSSR count). The molecule has 11 heteroatoms. The molecule has 190 valence electrons. The zero-order chi connectivity index (χ0) is 26.4. The maximum absolute atomic E-state index is 12.9. The van der Waals surface area contributed by atoms with E-state index >= 15 is 0 Å². The highest BCUT2D eigenvalue weighted by Crippen LogP contribution is 2.47. The number of fused-ring (bicyclic) bond motifs is 4. The summed E-state index contributed by atoms with van der Waals surface area (Å²) in [6, 6.07) is 18.5. The van der Waals surface area contributed by atoms with Gasteiger partial charge in [0.2, 0.25) is 0 Å². The number of carboxylic acid groups (broad SMARTS) is 2. The van der Waals surface area contributed by atoms with Crippen molar-refractivity contribution >= 4 is 66.3 Å². The van der Waals surface area contributed by atoms with Crippen LogP contribution in [0.3, 0.4) is 0 Å². The first-order chi connectivity index (χ1) is 18.4. The number of aromatic carboxylic acids is 1. The van der Waals surface area contributed by atoms with Crippen LogP contribution in [-0.4, -0.2) is 49.2 Å². The lowest BCUT2D eigenvalue weighted by atomic mass is 10.0. The second-order valence-electron chi connectivity index (χ2n) is 8.52. The molecular formula is C27H19N3O6S2. The van der Waals surface area contributed by atoms with Gasteiger partial charge in [-0.05, 0) is 35.9 Å². The number of benzene rings is 3. The lowest BCUT2D eigenvalue weighted by Gasteiger charge is -2.14. The fraction of sp³-hybridized carbons (Fsp3) is 0.111. The number of thiophene rings is 1. The highest BCUT2D eigenvalue weighted by atomic mass is 32.1. The minimum atomic E-state index is -1.14. The molecule has 0 bridgehead atoms. The second-order valence-corrected chi connectivity index (χ2v) is 10.1. The fourth-order valence-corrected chi connectivity index (χ4v) is 6.44. The molecule has 0 fully saturated rings. The number of ether oxygens (including phenoxy) is 2. The van der Waals surface area contributed by atoms with Gasteiger partial charge in [0.25, 0.3) is 0 Å². The second kappa shape index (κ2) is 9.43. The minimum Gasteiger partial charge on any atom is -0.497 e. The largest absolute Gasteiger partial charge is 0.497 e. The van der Waals surface area contributed by atoms with Crippen LogP contribution in [0.1, 0.15) is 16.1 Å². The van der Waals surface area contributed by atoms with E-state index in [-0.39, 0.29) is 18.0 Å². The summed E-state index contributed by atoms with van der Waals surface area (Å²) in [6.07, 6.45) is 0. The van der Waals surface area contributed by atoms with Crippen LogP contribution in [0.4, 0.5) is 0 Å². The molecule has 2 N–H and O–H groups in total. The Balaban J connectivity index is 1.65. The number of hydrogen-bond donors (Lipinski definition) is 2. The topological polar surface area (TPSA) is 124 Å². The molecular weight excluding hydrogens is 526 g/mol. The summed E-state index contributed by atoms with van der Waals surface area (Å²) in [5.74, 6) is -1.57. The Bertz CT molecular complexity index is 1870. The molecule has 3 aromatic heterocycles. The van der Waals surface area contributed by atoms with Crippen molar-refractivity contribution in [1.82, 2.24) is 13.3 Å². The number of carbonyl (C=O) groups is 2. The third-order valence-electron chi connectivity index (χ3n) is 6.24. The lowest BCUT2D eigenvalue weighted by molar-refractivity contribution is -0.139. The van der Waals surface area contributed by atoms with Crippen LogP contribution in [-0.2, 0) is 11.3 Å². The van der Waals surface area contributed by atoms with E-state index in [2.05, 4.69) is 8.75 Å². The zero-order valence-electron chi connectivity index (χ0n) is 19.9. The quantitative estimate of drug-likeness (QED) is 0.248. The van der Waals surface area contributed by atoms with Gasteiger partial charge in [0.05, 0.1) is 29.1 Å². The summed E-state index contributed by atoms with van der Waals surface area (Å²) < 4.78 is 23.1. The van der Waals surface area contributed by atoms with Gasteiger partial charge in [-0.3, -0.25) is 0 Å². The van der Waals surface area contributed by atoms with E-state index in [4.69, 9.17) is 9.47 Å². The Morgan fingerprint density at radius 1 is 1.00 bits per heavy atom. The van der Waals surface area contributed by atoms with Gasteiger partial charge in [0.1, 0.15) is 28.2 Å². The van der Waals surface area contributed by atoms with Crippen molar-refractivity contribution < 1.29 is 29.3 Å². The van der Waals surface area contributed by atoms with Gasteiger partial charge < -0.3 is 24.3 Å². The van der Waals surface area contributed by atoms with Crippen molar-refractivity contribution in [3.63, 3.8) is 0 Å². The molecule has 0 aliphatic carbocycles. The van der Waals surface area contributed by atoms with Crippen LogP contribution < -0.4 is 9.47 Å². The van der Waals surface area contributed by atoms with Gasteiger partial charge in [-0.2, -0.15) is 8.75 Å². The van der Waals surface area contributed by atoms with Crippen LogP contribution in [0.5, 0.6) is 11.5 Å². The van der Waals surface area contributed by atoms with Gasteiger partial charge >= 0.3 is 11.9 Å². The predicted molar refractivity (Wildman–Crippen MR) is 146 cm³/mol. The van der Waals surface area contributed by atoms with Crippen molar-refractivity contribution in [2.75, 3.05) is 13.7 Å². The molecule has 0 aliphatic heterocycles. The highest BCUT2D eigenvalue weighted by Gasteiger charge is 2.29. The number of rotatable bonds is 8. The Morgan fingerprint density at radius 2 is 1.82 bits per heavy atom. The number of nitrogens with zero attached hydrogens (tertiary/aromatic N) is 3. The van der Waals surface area contributed by atoms with Gasteiger partial charge in [0.15, 0.2) is 6.61 Å². The Hall–Kier alpha value is -4.48. The van der Waals surface area contributed by atoms with E-state index in [9.17, 15) is 19.8 Å². The van der Waals surface area contributed by atoms with E-state index in [0.29, 0.717) is 16.9 Å². The highest BCUT2D eigenvalue weighted by molar-refractivity contribution is 7.26. The molecule has 9 nitrogen and oxygen atoms in total. The first kappa shape index (κ1) is 23.9. The van der Waals surface area contributed by atoms with Crippen LogP contribution >= 0.6 is 23.1 Å². The molecule has 6 aromatic rings. The van der Waals surface area contributed by atoms with Crippen molar-refractivity contribution in [1.29, 1.82) is 0 Å². The molecule has 0 unspecified atom stereocenters. The first-order valence-electron chi connectivity index (χ1n) is 11.5.